The number of esters is 1. The maximum Gasteiger partial charge on any atom is 0.338 e. The highest BCUT2D eigenvalue weighted by molar-refractivity contribution is 6.21. The maximum atomic E-state index is 12.8. The predicted molar refractivity (Wildman–Crippen MR) is 116 cm³/mol. The molecule has 2 amide bonds. The highest BCUT2D eigenvalue weighted by Gasteiger charge is 2.42. The van der Waals surface area contributed by atoms with Gasteiger partial charge < -0.3 is 14.8 Å². The molecule has 31 heavy (non-hydrogen) atoms. The molecular weight excluding hydrogens is 396 g/mol. The lowest BCUT2D eigenvalue weighted by atomic mass is 10.1. The number of methoxy groups -OCH3 is 1. The summed E-state index contributed by atoms with van der Waals surface area (Å²) >= 11 is 0. The van der Waals surface area contributed by atoms with Crippen LogP contribution in [0.25, 0.3) is 0 Å². The van der Waals surface area contributed by atoms with Gasteiger partial charge in [-0.1, -0.05) is 25.5 Å². The van der Waals surface area contributed by atoms with Crippen LogP contribution in [0.2, 0.25) is 0 Å². The number of carbonyl (C=O) groups is 3. The van der Waals surface area contributed by atoms with Crippen molar-refractivity contribution in [2.75, 3.05) is 25.2 Å². The molecule has 0 spiro atoms. The molecule has 164 valence electrons. The molecule has 7 nitrogen and oxygen atoms in total. The van der Waals surface area contributed by atoms with Gasteiger partial charge in [-0.3, -0.25) is 9.59 Å². The Kier molecular flexibility index (Phi) is 7.78. The van der Waals surface area contributed by atoms with Gasteiger partial charge >= 0.3 is 5.97 Å². The van der Waals surface area contributed by atoms with Crippen molar-refractivity contribution in [3.05, 3.63) is 59.7 Å². The zero-order chi connectivity index (χ0) is 22.2. The Morgan fingerprint density at radius 3 is 2.45 bits per heavy atom. The highest BCUT2D eigenvalue weighted by Crippen LogP contribution is 2.22. The summed E-state index contributed by atoms with van der Waals surface area (Å²) in [6.45, 7) is 3.11. The number of carbonyl (C=O) groups excluding carboxylic acids is 3. The first-order chi connectivity index (χ1) is 15.0. The second-order valence-electron chi connectivity index (χ2n) is 7.54. The average Bonchev–Trinajstić information content (AvgIpc) is 3.07. The second kappa shape index (κ2) is 10.7. The number of quaternary nitrogens is 1. The van der Waals surface area contributed by atoms with Gasteiger partial charge in [0.25, 0.3) is 5.91 Å². The molecule has 2 aromatic rings. The first kappa shape index (κ1) is 22.5. The van der Waals surface area contributed by atoms with Crippen LogP contribution in [0.1, 0.15) is 42.1 Å². The van der Waals surface area contributed by atoms with Crippen molar-refractivity contribution in [3.8, 4) is 5.75 Å². The van der Waals surface area contributed by atoms with Crippen molar-refractivity contribution in [1.82, 2.24) is 0 Å². The van der Waals surface area contributed by atoms with Gasteiger partial charge in [0.1, 0.15) is 5.75 Å². The number of ether oxygens (including phenoxy) is 2. The van der Waals surface area contributed by atoms with Gasteiger partial charge in [0.05, 0.1) is 37.9 Å². The smallest absolute Gasteiger partial charge is 0.338 e. The standard InChI is InChI=1S/C24H28N2O5/c1-3-4-15-31-24(29)18-7-9-19(10-8-18)26-22(27)16-21(23(26)28)25-14-13-17-5-11-20(30-2)12-6-17/h5-12,21,25H,3-4,13-16H2,1-2H3/p+1/t21-/m1/s1. The lowest BCUT2D eigenvalue weighted by molar-refractivity contribution is -0.674. The molecule has 7 heteroatoms. The molecule has 2 N–H and O–H groups in total. The Labute approximate surface area is 182 Å². The fraction of sp³-hybridized carbons (Fsp3) is 0.375. The van der Waals surface area contributed by atoms with Gasteiger partial charge in [-0.05, 0) is 48.4 Å². The second-order valence-corrected chi connectivity index (χ2v) is 7.54. The van der Waals surface area contributed by atoms with Crippen LogP contribution >= 0.6 is 0 Å². The van der Waals surface area contributed by atoms with E-state index in [2.05, 4.69) is 0 Å². The third kappa shape index (κ3) is 5.70. The Balaban J connectivity index is 1.54. The summed E-state index contributed by atoms with van der Waals surface area (Å²) in [5.41, 5.74) is 2.03. The third-order valence-electron chi connectivity index (χ3n) is 5.32. The molecule has 1 heterocycles. The normalized spacial score (nSPS) is 15.9. The van der Waals surface area contributed by atoms with E-state index in [1.807, 2.05) is 36.5 Å². The molecular formula is C24H29N2O5+. The minimum absolute atomic E-state index is 0.169. The summed E-state index contributed by atoms with van der Waals surface area (Å²) in [5.74, 6) is -0.0454. The molecule has 0 unspecified atom stereocenters. The summed E-state index contributed by atoms with van der Waals surface area (Å²) in [5, 5.41) is 1.92. The fourth-order valence-corrected chi connectivity index (χ4v) is 3.49. The van der Waals surface area contributed by atoms with Gasteiger partial charge in [0, 0.05) is 6.42 Å². The SMILES string of the molecule is CCCCOC(=O)c1ccc(N2C(=O)C[C@@H]([NH2+]CCc3ccc(OC)cc3)C2=O)cc1. The molecule has 0 aliphatic carbocycles. The van der Waals surface area contributed by atoms with Crippen LogP contribution in [-0.4, -0.2) is 44.1 Å². The molecule has 0 radical (unpaired) electrons. The zero-order valence-corrected chi connectivity index (χ0v) is 18.0. The van der Waals surface area contributed by atoms with Crippen LogP contribution in [0.15, 0.2) is 48.5 Å². The molecule has 0 bridgehead atoms. The van der Waals surface area contributed by atoms with E-state index in [0.717, 1.165) is 30.6 Å². The number of unbranched alkanes of at least 4 members (excludes halogenated alkanes) is 1. The molecule has 1 aliphatic rings. The van der Waals surface area contributed by atoms with Crippen LogP contribution < -0.4 is 15.0 Å². The lowest BCUT2D eigenvalue weighted by Crippen LogP contribution is -2.92. The van der Waals surface area contributed by atoms with E-state index in [9.17, 15) is 14.4 Å². The van der Waals surface area contributed by atoms with Crippen LogP contribution in [-0.2, 0) is 20.7 Å². The predicted octanol–water partition coefficient (Wildman–Crippen LogP) is 2.09. The monoisotopic (exact) mass is 425 g/mol. The van der Waals surface area contributed by atoms with Crippen LogP contribution in [0, 0.1) is 0 Å². The summed E-state index contributed by atoms with van der Waals surface area (Å²) < 4.78 is 10.3. The number of rotatable bonds is 10. The molecule has 2 aromatic carbocycles. The third-order valence-corrected chi connectivity index (χ3v) is 5.32. The first-order valence-electron chi connectivity index (χ1n) is 10.6. The van der Waals surface area contributed by atoms with Crippen molar-refractivity contribution in [1.29, 1.82) is 0 Å². The minimum atomic E-state index is -0.426. The van der Waals surface area contributed by atoms with E-state index in [0.29, 0.717) is 24.4 Å². The van der Waals surface area contributed by atoms with Gasteiger partial charge in [0.2, 0.25) is 5.91 Å². The zero-order valence-electron chi connectivity index (χ0n) is 18.0. The number of amides is 2. The number of hydrogen-bond acceptors (Lipinski definition) is 5. The first-order valence-corrected chi connectivity index (χ1v) is 10.6. The van der Waals surface area contributed by atoms with Crippen molar-refractivity contribution in [2.45, 2.75) is 38.6 Å². The maximum absolute atomic E-state index is 12.8. The Hall–Kier alpha value is -3.19. The molecule has 1 fully saturated rings. The number of nitrogens with two attached hydrogens (primary N) is 1. The minimum Gasteiger partial charge on any atom is -0.497 e. The molecule has 0 saturated carbocycles. The van der Waals surface area contributed by atoms with E-state index in [1.165, 1.54) is 4.90 Å². The number of benzene rings is 2. The van der Waals surface area contributed by atoms with E-state index in [-0.39, 0.29) is 18.2 Å². The quantitative estimate of drug-likeness (QED) is 0.358. The summed E-state index contributed by atoms with van der Waals surface area (Å²) in [4.78, 5) is 38.5. The van der Waals surface area contributed by atoms with Crippen molar-refractivity contribution in [2.24, 2.45) is 0 Å². The van der Waals surface area contributed by atoms with Crippen molar-refractivity contribution in [3.63, 3.8) is 0 Å². The Morgan fingerprint density at radius 2 is 1.81 bits per heavy atom. The summed E-state index contributed by atoms with van der Waals surface area (Å²) in [7, 11) is 1.63. The number of hydrogen-bond donors (Lipinski definition) is 1. The van der Waals surface area contributed by atoms with Gasteiger partial charge in [0.15, 0.2) is 6.04 Å². The molecule has 1 saturated heterocycles. The molecule has 1 atom stereocenters. The number of anilines is 1. The van der Waals surface area contributed by atoms with E-state index in [1.54, 1.807) is 31.4 Å². The van der Waals surface area contributed by atoms with Crippen molar-refractivity contribution < 1.29 is 29.2 Å². The summed E-state index contributed by atoms with van der Waals surface area (Å²) in [6, 6.07) is 13.8. The van der Waals surface area contributed by atoms with Crippen molar-refractivity contribution >= 4 is 23.5 Å². The number of nitrogens with zero attached hydrogens (tertiary/aromatic N) is 1. The summed E-state index contributed by atoms with van der Waals surface area (Å²) in [6.07, 6.45) is 2.72. The van der Waals surface area contributed by atoms with Crippen LogP contribution in [0.4, 0.5) is 5.69 Å². The highest BCUT2D eigenvalue weighted by atomic mass is 16.5. The molecule has 1 aliphatic heterocycles. The van der Waals surface area contributed by atoms with Crippen LogP contribution in [0.3, 0.4) is 0 Å². The number of imide groups is 1. The van der Waals surface area contributed by atoms with Gasteiger partial charge in [-0.2, -0.15) is 0 Å². The van der Waals surface area contributed by atoms with E-state index in [4.69, 9.17) is 9.47 Å². The molecule has 0 aromatic heterocycles. The lowest BCUT2D eigenvalue weighted by Gasteiger charge is -2.14. The van der Waals surface area contributed by atoms with E-state index < -0.39 is 12.0 Å². The Morgan fingerprint density at radius 1 is 1.10 bits per heavy atom. The molecule has 3 rings (SSSR count). The fourth-order valence-electron chi connectivity index (χ4n) is 3.49. The largest absolute Gasteiger partial charge is 0.497 e. The van der Waals surface area contributed by atoms with Gasteiger partial charge in [-0.15, -0.1) is 0 Å². The van der Waals surface area contributed by atoms with E-state index >= 15 is 0 Å². The topological polar surface area (TPSA) is 89.5 Å². The average molecular weight is 426 g/mol. The van der Waals surface area contributed by atoms with Gasteiger partial charge in [-0.25, -0.2) is 9.69 Å². The Bertz CT molecular complexity index is 909. The van der Waals surface area contributed by atoms with Crippen LogP contribution in [0.5, 0.6) is 5.75 Å².